The van der Waals surface area contributed by atoms with Gasteiger partial charge < -0.3 is 10.6 Å². The van der Waals surface area contributed by atoms with Gasteiger partial charge in [0.05, 0.1) is 5.69 Å². The summed E-state index contributed by atoms with van der Waals surface area (Å²) >= 11 is 1.83. The van der Waals surface area contributed by atoms with E-state index in [9.17, 15) is 4.79 Å². The van der Waals surface area contributed by atoms with Crippen molar-refractivity contribution in [1.82, 2.24) is 0 Å². The molecule has 0 aromatic heterocycles. The highest BCUT2D eigenvalue weighted by Crippen LogP contribution is 2.36. The number of benzene rings is 1. The molecule has 1 saturated carbocycles. The molecule has 20 heavy (non-hydrogen) atoms. The van der Waals surface area contributed by atoms with Crippen LogP contribution in [-0.2, 0) is 4.79 Å². The van der Waals surface area contributed by atoms with Gasteiger partial charge in [-0.25, -0.2) is 0 Å². The van der Waals surface area contributed by atoms with Crippen molar-refractivity contribution in [3.63, 3.8) is 0 Å². The van der Waals surface area contributed by atoms with Crippen molar-refractivity contribution in [2.75, 3.05) is 17.2 Å². The summed E-state index contributed by atoms with van der Waals surface area (Å²) in [6, 6.07) is 8.18. The fourth-order valence-corrected chi connectivity index (χ4v) is 4.25. The van der Waals surface area contributed by atoms with Crippen molar-refractivity contribution in [3.05, 3.63) is 24.3 Å². The molecule has 1 aromatic rings. The third-order valence-electron chi connectivity index (χ3n) is 4.38. The third-order valence-corrected chi connectivity index (χ3v) is 5.43. The average molecular weight is 290 g/mol. The normalized spacial score (nSPS) is 21.4. The van der Waals surface area contributed by atoms with Crippen LogP contribution in [0.5, 0.6) is 0 Å². The van der Waals surface area contributed by atoms with Crippen LogP contribution < -0.4 is 10.6 Å². The van der Waals surface area contributed by atoms with E-state index in [0.717, 1.165) is 43.7 Å². The molecule has 0 spiro atoms. The van der Waals surface area contributed by atoms with E-state index in [-0.39, 0.29) is 11.4 Å². The predicted molar refractivity (Wildman–Crippen MR) is 84.1 cm³/mol. The zero-order valence-corrected chi connectivity index (χ0v) is 12.6. The van der Waals surface area contributed by atoms with Gasteiger partial charge in [0.1, 0.15) is 0 Å². The number of para-hydroxylation sites is 1. The summed E-state index contributed by atoms with van der Waals surface area (Å²) in [5.41, 5.74) is 7.23. The number of amides is 1. The molecule has 4 heteroatoms. The second-order valence-corrected chi connectivity index (χ2v) is 7.10. The summed E-state index contributed by atoms with van der Waals surface area (Å²) in [5, 5.41) is 0. The zero-order chi connectivity index (χ0) is 14.0. The van der Waals surface area contributed by atoms with Gasteiger partial charge in [-0.2, -0.15) is 0 Å². The summed E-state index contributed by atoms with van der Waals surface area (Å²) in [5.74, 6) is 1.17. The molecule has 3 nitrogen and oxygen atoms in total. The van der Waals surface area contributed by atoms with E-state index < -0.39 is 0 Å². The van der Waals surface area contributed by atoms with Crippen LogP contribution >= 0.6 is 11.8 Å². The average Bonchev–Trinajstić information content (AvgIpc) is 2.47. The van der Waals surface area contributed by atoms with E-state index in [1.807, 2.05) is 34.9 Å². The number of thioether (sulfide) groups is 1. The molecule has 0 radical (unpaired) electrons. The van der Waals surface area contributed by atoms with Crippen LogP contribution in [0.3, 0.4) is 0 Å². The maximum atomic E-state index is 12.7. The van der Waals surface area contributed by atoms with Gasteiger partial charge >= 0.3 is 0 Å². The first-order valence-corrected chi connectivity index (χ1v) is 8.48. The number of rotatable bonds is 2. The lowest BCUT2D eigenvalue weighted by Crippen LogP contribution is -2.48. The first kappa shape index (κ1) is 14.0. The molecule has 0 unspecified atom stereocenters. The van der Waals surface area contributed by atoms with Gasteiger partial charge in [0.2, 0.25) is 5.91 Å². The Balaban J connectivity index is 1.75. The van der Waals surface area contributed by atoms with Crippen molar-refractivity contribution in [2.45, 2.75) is 49.0 Å². The van der Waals surface area contributed by atoms with Crippen LogP contribution in [0.1, 0.15) is 38.5 Å². The maximum Gasteiger partial charge on any atom is 0.228 e. The number of anilines is 1. The Morgan fingerprint density at radius 2 is 2.00 bits per heavy atom. The number of hydrogen-bond acceptors (Lipinski definition) is 3. The predicted octanol–water partition coefficient (Wildman–Crippen LogP) is 3.18. The van der Waals surface area contributed by atoms with Gasteiger partial charge in [0, 0.05) is 29.2 Å². The van der Waals surface area contributed by atoms with Crippen LogP contribution in [0, 0.1) is 0 Å². The molecule has 2 aliphatic rings. The van der Waals surface area contributed by atoms with E-state index in [2.05, 4.69) is 6.07 Å². The minimum Gasteiger partial charge on any atom is -0.325 e. The van der Waals surface area contributed by atoms with Gasteiger partial charge in [-0.3, -0.25) is 4.79 Å². The SMILES string of the molecule is NC1(CC(=O)N2CCSc3ccccc32)CCCCC1. The van der Waals surface area contributed by atoms with Crippen LogP contribution in [0.4, 0.5) is 5.69 Å². The number of nitrogens with two attached hydrogens (primary N) is 1. The number of carbonyl (C=O) groups is 1. The Bertz CT molecular complexity index is 497. The molecule has 0 atom stereocenters. The second kappa shape index (κ2) is 5.78. The molecule has 0 bridgehead atoms. The van der Waals surface area contributed by atoms with E-state index in [0.29, 0.717) is 6.42 Å². The topological polar surface area (TPSA) is 46.3 Å². The Kier molecular flexibility index (Phi) is 4.03. The Hall–Kier alpha value is -1.00. The summed E-state index contributed by atoms with van der Waals surface area (Å²) in [4.78, 5) is 15.8. The van der Waals surface area contributed by atoms with Crippen molar-refractivity contribution < 1.29 is 4.79 Å². The molecule has 1 heterocycles. The zero-order valence-electron chi connectivity index (χ0n) is 11.8. The fraction of sp³-hybridized carbons (Fsp3) is 0.562. The van der Waals surface area contributed by atoms with Crippen LogP contribution in [0.25, 0.3) is 0 Å². The van der Waals surface area contributed by atoms with Crippen LogP contribution in [-0.4, -0.2) is 23.7 Å². The number of nitrogens with zero attached hydrogens (tertiary/aromatic N) is 1. The molecular weight excluding hydrogens is 268 g/mol. The van der Waals surface area contributed by atoms with Crippen molar-refractivity contribution >= 4 is 23.4 Å². The molecule has 108 valence electrons. The van der Waals surface area contributed by atoms with E-state index in [4.69, 9.17) is 5.73 Å². The number of hydrogen-bond donors (Lipinski definition) is 1. The molecule has 0 saturated heterocycles. The van der Waals surface area contributed by atoms with Crippen LogP contribution in [0.15, 0.2) is 29.2 Å². The minimum atomic E-state index is -0.269. The molecule has 3 rings (SSSR count). The van der Waals surface area contributed by atoms with Crippen LogP contribution in [0.2, 0.25) is 0 Å². The Morgan fingerprint density at radius 3 is 2.80 bits per heavy atom. The second-order valence-electron chi connectivity index (χ2n) is 5.96. The van der Waals surface area contributed by atoms with Crippen molar-refractivity contribution in [2.24, 2.45) is 5.73 Å². The third kappa shape index (κ3) is 2.86. The van der Waals surface area contributed by atoms with Crippen molar-refractivity contribution in [1.29, 1.82) is 0 Å². The molecule has 1 aromatic carbocycles. The summed E-state index contributed by atoms with van der Waals surface area (Å²) < 4.78 is 0. The fourth-order valence-electron chi connectivity index (χ4n) is 3.26. The first-order valence-electron chi connectivity index (χ1n) is 7.49. The lowest BCUT2D eigenvalue weighted by Gasteiger charge is -2.36. The number of fused-ring (bicyclic) bond motifs is 1. The monoisotopic (exact) mass is 290 g/mol. The lowest BCUT2D eigenvalue weighted by molar-refractivity contribution is -0.120. The lowest BCUT2D eigenvalue weighted by atomic mass is 9.80. The molecule has 1 amide bonds. The Morgan fingerprint density at radius 1 is 1.25 bits per heavy atom. The van der Waals surface area contributed by atoms with E-state index in [1.54, 1.807) is 0 Å². The van der Waals surface area contributed by atoms with Gasteiger partial charge in [0.15, 0.2) is 0 Å². The largest absolute Gasteiger partial charge is 0.325 e. The minimum absolute atomic E-state index is 0.196. The molecular formula is C16H22N2OS. The van der Waals surface area contributed by atoms with Gasteiger partial charge in [0.25, 0.3) is 0 Å². The van der Waals surface area contributed by atoms with Gasteiger partial charge in [-0.05, 0) is 25.0 Å². The smallest absolute Gasteiger partial charge is 0.228 e. The van der Waals surface area contributed by atoms with Crippen molar-refractivity contribution in [3.8, 4) is 0 Å². The highest BCUT2D eigenvalue weighted by atomic mass is 32.2. The summed E-state index contributed by atoms with van der Waals surface area (Å²) in [6.45, 7) is 0.802. The summed E-state index contributed by atoms with van der Waals surface area (Å²) in [7, 11) is 0. The molecule has 1 aliphatic carbocycles. The molecule has 2 N–H and O–H groups in total. The van der Waals surface area contributed by atoms with Gasteiger partial charge in [-0.15, -0.1) is 11.8 Å². The number of carbonyl (C=O) groups excluding carboxylic acids is 1. The standard InChI is InChI=1S/C16H22N2OS/c17-16(8-4-1-5-9-16)12-15(19)18-10-11-20-14-7-3-2-6-13(14)18/h2-3,6-7H,1,4-5,8-12,17H2. The quantitative estimate of drug-likeness (QED) is 0.910. The Labute approximate surface area is 124 Å². The highest BCUT2D eigenvalue weighted by molar-refractivity contribution is 7.99. The summed E-state index contributed by atoms with van der Waals surface area (Å²) in [6.07, 6.45) is 6.06. The maximum absolute atomic E-state index is 12.7. The van der Waals surface area contributed by atoms with Gasteiger partial charge in [-0.1, -0.05) is 31.4 Å². The highest BCUT2D eigenvalue weighted by Gasteiger charge is 2.33. The molecule has 1 aliphatic heterocycles. The first-order chi connectivity index (χ1) is 9.68. The molecule has 1 fully saturated rings. The van der Waals surface area contributed by atoms with E-state index in [1.165, 1.54) is 11.3 Å². The van der Waals surface area contributed by atoms with E-state index >= 15 is 0 Å².